The van der Waals surface area contributed by atoms with Crippen LogP contribution in [-0.4, -0.2) is 5.78 Å². The molecule has 0 aliphatic rings. The van der Waals surface area contributed by atoms with Crippen molar-refractivity contribution in [2.75, 3.05) is 0 Å². The largest absolute Gasteiger partial charge is 0.292 e. The first-order valence-corrected chi connectivity index (χ1v) is 5.88. The first kappa shape index (κ1) is 11.5. The van der Waals surface area contributed by atoms with Crippen LogP contribution in [0.25, 0.3) is 0 Å². The molecule has 0 amide bonds. The quantitative estimate of drug-likeness (QED) is 0.778. The summed E-state index contributed by atoms with van der Waals surface area (Å²) in [4.78, 5) is 12.0. The van der Waals surface area contributed by atoms with Crippen LogP contribution in [0.2, 0.25) is 0 Å². The number of benzene rings is 1. The Morgan fingerprint density at radius 2 is 2.24 bits per heavy atom. The van der Waals surface area contributed by atoms with Crippen molar-refractivity contribution in [2.45, 2.75) is 5.92 Å². The number of hydrogen-bond acceptors (Lipinski definition) is 3. The molecule has 2 rings (SSSR count). The summed E-state index contributed by atoms with van der Waals surface area (Å²) >= 11 is 1.39. The predicted octanol–water partition coefficient (Wildman–Crippen LogP) is 3.38. The maximum atomic E-state index is 13.1. The molecule has 0 aliphatic heterocycles. The van der Waals surface area contributed by atoms with E-state index in [-0.39, 0.29) is 5.78 Å². The fraction of sp³-hybridized carbons (Fsp3) is 0.0769. The standard InChI is InChI=1S/C13H8FNOS/c14-11-3-1-2-9(6-11)12(7-15)13(16)10-4-5-17-8-10/h1-6,8,12H. The fourth-order valence-corrected chi connectivity index (χ4v) is 2.19. The van der Waals surface area contributed by atoms with E-state index in [1.165, 1.54) is 29.5 Å². The molecule has 1 heterocycles. The highest BCUT2D eigenvalue weighted by Crippen LogP contribution is 2.22. The fourth-order valence-electron chi connectivity index (χ4n) is 1.54. The molecule has 0 N–H and O–H groups in total. The molecule has 2 aromatic rings. The summed E-state index contributed by atoms with van der Waals surface area (Å²) in [6, 6.07) is 9.17. The van der Waals surface area contributed by atoms with Gasteiger partial charge in [0.05, 0.1) is 6.07 Å². The third-order valence-corrected chi connectivity index (χ3v) is 3.06. The normalized spacial score (nSPS) is 11.8. The maximum absolute atomic E-state index is 13.1. The lowest BCUT2D eigenvalue weighted by atomic mass is 9.93. The van der Waals surface area contributed by atoms with Crippen LogP contribution < -0.4 is 0 Å². The van der Waals surface area contributed by atoms with Crippen molar-refractivity contribution in [3.05, 3.63) is 58.0 Å². The van der Waals surface area contributed by atoms with Crippen molar-refractivity contribution in [3.63, 3.8) is 0 Å². The van der Waals surface area contributed by atoms with E-state index in [4.69, 9.17) is 5.26 Å². The minimum atomic E-state index is -0.944. The Bertz CT molecular complexity index is 571. The van der Waals surface area contributed by atoms with Crippen LogP contribution in [0.4, 0.5) is 4.39 Å². The first-order valence-electron chi connectivity index (χ1n) is 4.94. The molecule has 4 heteroatoms. The highest BCUT2D eigenvalue weighted by molar-refractivity contribution is 7.08. The number of rotatable bonds is 3. The number of nitrogens with zero attached hydrogens (tertiary/aromatic N) is 1. The zero-order chi connectivity index (χ0) is 12.3. The Balaban J connectivity index is 2.35. The van der Waals surface area contributed by atoms with Gasteiger partial charge in [-0.15, -0.1) is 0 Å². The van der Waals surface area contributed by atoms with Crippen molar-refractivity contribution >= 4 is 17.1 Å². The molecule has 0 bridgehead atoms. The Morgan fingerprint density at radius 1 is 1.41 bits per heavy atom. The van der Waals surface area contributed by atoms with Crippen LogP contribution in [0.5, 0.6) is 0 Å². The van der Waals surface area contributed by atoms with E-state index in [0.717, 1.165) is 0 Å². The summed E-state index contributed by atoms with van der Waals surface area (Å²) in [5.41, 5.74) is 0.884. The highest BCUT2D eigenvalue weighted by atomic mass is 32.1. The third-order valence-electron chi connectivity index (χ3n) is 2.38. The highest BCUT2D eigenvalue weighted by Gasteiger charge is 2.22. The van der Waals surface area contributed by atoms with Crippen LogP contribution in [0.15, 0.2) is 41.1 Å². The zero-order valence-corrected chi connectivity index (χ0v) is 9.58. The van der Waals surface area contributed by atoms with Gasteiger partial charge in [-0.1, -0.05) is 12.1 Å². The van der Waals surface area contributed by atoms with Gasteiger partial charge in [0, 0.05) is 10.9 Å². The SMILES string of the molecule is N#CC(C(=O)c1ccsc1)c1cccc(F)c1. The average Bonchev–Trinajstić information content (AvgIpc) is 2.83. The number of thiophene rings is 1. The average molecular weight is 245 g/mol. The number of halogens is 1. The van der Waals surface area contributed by atoms with Crippen LogP contribution >= 0.6 is 11.3 Å². The predicted molar refractivity (Wildman–Crippen MR) is 63.4 cm³/mol. The van der Waals surface area contributed by atoms with Gasteiger partial charge in [-0.3, -0.25) is 4.79 Å². The van der Waals surface area contributed by atoms with E-state index >= 15 is 0 Å². The van der Waals surface area contributed by atoms with Gasteiger partial charge in [0.1, 0.15) is 11.7 Å². The number of hydrogen-bond donors (Lipinski definition) is 0. The minimum absolute atomic E-state index is 0.292. The second-order valence-electron chi connectivity index (χ2n) is 3.49. The van der Waals surface area contributed by atoms with Crippen molar-refractivity contribution in [3.8, 4) is 6.07 Å². The Kier molecular flexibility index (Phi) is 3.31. The second-order valence-corrected chi connectivity index (χ2v) is 4.27. The van der Waals surface area contributed by atoms with Gasteiger partial charge in [0.25, 0.3) is 0 Å². The lowest BCUT2D eigenvalue weighted by molar-refractivity contribution is 0.0979. The summed E-state index contributed by atoms with van der Waals surface area (Å²) in [6.45, 7) is 0. The van der Waals surface area contributed by atoms with E-state index in [9.17, 15) is 9.18 Å². The van der Waals surface area contributed by atoms with Crippen molar-refractivity contribution < 1.29 is 9.18 Å². The molecule has 0 spiro atoms. The summed E-state index contributed by atoms with van der Waals surface area (Å²) in [7, 11) is 0. The summed E-state index contributed by atoms with van der Waals surface area (Å²) in [5.74, 6) is -1.68. The number of carbonyl (C=O) groups is 1. The maximum Gasteiger partial charge on any atom is 0.185 e. The molecule has 0 aliphatic carbocycles. The van der Waals surface area contributed by atoms with Crippen LogP contribution in [-0.2, 0) is 0 Å². The Morgan fingerprint density at radius 3 is 2.82 bits per heavy atom. The molecule has 0 saturated heterocycles. The molecular weight excluding hydrogens is 237 g/mol. The third kappa shape index (κ3) is 2.40. The van der Waals surface area contributed by atoms with Crippen molar-refractivity contribution in [1.82, 2.24) is 0 Å². The summed E-state index contributed by atoms with van der Waals surface area (Å²) in [6.07, 6.45) is 0. The Labute approximate surface area is 102 Å². The molecular formula is C13H8FNOS. The van der Waals surface area contributed by atoms with Crippen LogP contribution in [0.1, 0.15) is 21.8 Å². The van der Waals surface area contributed by atoms with Crippen molar-refractivity contribution in [2.24, 2.45) is 0 Å². The summed E-state index contributed by atoms with van der Waals surface area (Å²) in [5, 5.41) is 12.5. The lowest BCUT2D eigenvalue weighted by Crippen LogP contribution is -2.10. The van der Waals surface area contributed by atoms with Crippen molar-refractivity contribution in [1.29, 1.82) is 5.26 Å². The molecule has 0 fully saturated rings. The van der Waals surface area contributed by atoms with Crippen LogP contribution in [0.3, 0.4) is 0 Å². The van der Waals surface area contributed by atoms with E-state index in [1.807, 2.05) is 6.07 Å². The molecule has 17 heavy (non-hydrogen) atoms. The lowest BCUT2D eigenvalue weighted by Gasteiger charge is -2.07. The van der Waals surface area contributed by atoms with Gasteiger partial charge in [-0.25, -0.2) is 4.39 Å². The van der Waals surface area contributed by atoms with E-state index in [2.05, 4.69) is 0 Å². The minimum Gasteiger partial charge on any atom is -0.292 e. The molecule has 0 radical (unpaired) electrons. The number of ketones is 1. The van der Waals surface area contributed by atoms with Gasteiger partial charge in [0.2, 0.25) is 0 Å². The Hall–Kier alpha value is -1.99. The van der Waals surface area contributed by atoms with Gasteiger partial charge in [-0.2, -0.15) is 16.6 Å². The molecule has 1 unspecified atom stereocenters. The number of carbonyl (C=O) groups excluding carboxylic acids is 1. The summed E-state index contributed by atoms with van der Waals surface area (Å²) < 4.78 is 13.1. The van der Waals surface area contributed by atoms with E-state index < -0.39 is 11.7 Å². The smallest absolute Gasteiger partial charge is 0.185 e. The second kappa shape index (κ2) is 4.89. The molecule has 84 valence electrons. The van der Waals surface area contributed by atoms with Gasteiger partial charge < -0.3 is 0 Å². The monoisotopic (exact) mass is 245 g/mol. The first-order chi connectivity index (χ1) is 8.22. The van der Waals surface area contributed by atoms with Gasteiger partial charge in [0.15, 0.2) is 5.78 Å². The van der Waals surface area contributed by atoms with Gasteiger partial charge >= 0.3 is 0 Å². The number of nitriles is 1. The van der Waals surface area contributed by atoms with E-state index in [0.29, 0.717) is 11.1 Å². The topological polar surface area (TPSA) is 40.9 Å². The molecule has 2 nitrogen and oxygen atoms in total. The zero-order valence-electron chi connectivity index (χ0n) is 8.76. The molecule has 1 aromatic carbocycles. The molecule has 1 aromatic heterocycles. The van der Waals surface area contributed by atoms with Gasteiger partial charge in [-0.05, 0) is 29.1 Å². The van der Waals surface area contributed by atoms with Crippen LogP contribution in [0, 0.1) is 17.1 Å². The van der Waals surface area contributed by atoms with E-state index in [1.54, 1.807) is 22.9 Å². The number of Topliss-reactive ketones (excluding diaryl/α,β-unsaturated/α-hetero) is 1. The molecule has 0 saturated carbocycles. The molecule has 1 atom stereocenters.